The SMILES string of the molecule is CC.Cc1cc(N2CC(=O)N(C)C2=O)c2nc(COc3ccc4c(N5CC6(COC6)C5)ccnc4c3)cn2c1.Cc1ccnc(C2CC2)n1. The zero-order chi connectivity index (χ0) is 34.3. The molecular weight excluding hydrogens is 620 g/mol. The van der Waals surface area contributed by atoms with E-state index in [9.17, 15) is 9.59 Å². The summed E-state index contributed by atoms with van der Waals surface area (Å²) in [5.41, 5.74) is 6.39. The molecular formula is C37H42N8O4. The summed E-state index contributed by atoms with van der Waals surface area (Å²) in [4.78, 5) is 47.5. The number of carbonyl (C=O) groups excluding carboxylic acids is 2. The molecule has 0 bridgehead atoms. The highest BCUT2D eigenvalue weighted by molar-refractivity contribution is 6.13. The predicted molar refractivity (Wildman–Crippen MR) is 187 cm³/mol. The van der Waals surface area contributed by atoms with Crippen LogP contribution >= 0.6 is 0 Å². The van der Waals surface area contributed by atoms with E-state index in [0.29, 0.717) is 34.1 Å². The Kier molecular flexibility index (Phi) is 8.66. The lowest BCUT2D eigenvalue weighted by molar-refractivity contribution is -0.126. The maximum atomic E-state index is 12.6. The van der Waals surface area contributed by atoms with E-state index in [-0.39, 0.29) is 25.1 Å². The number of likely N-dealkylation sites (N-methyl/N-ethyl adjacent to an activating group) is 1. The average Bonchev–Trinajstić information content (AvgIpc) is 3.79. The molecule has 4 aromatic heterocycles. The first kappa shape index (κ1) is 32.4. The van der Waals surface area contributed by atoms with Crippen molar-refractivity contribution in [2.24, 2.45) is 5.41 Å². The number of hydrogen-bond donors (Lipinski definition) is 0. The third kappa shape index (κ3) is 6.40. The summed E-state index contributed by atoms with van der Waals surface area (Å²) < 4.78 is 13.4. The van der Waals surface area contributed by atoms with Gasteiger partial charge in [0.25, 0.3) is 0 Å². The lowest BCUT2D eigenvalue weighted by Crippen LogP contribution is -2.66. The second-order valence-corrected chi connectivity index (χ2v) is 13.2. The Hall–Kier alpha value is -5.10. The summed E-state index contributed by atoms with van der Waals surface area (Å²) in [7, 11) is 1.49. The molecule has 0 unspecified atom stereocenters. The fourth-order valence-corrected chi connectivity index (χ4v) is 6.47. The van der Waals surface area contributed by atoms with Gasteiger partial charge < -0.3 is 18.8 Å². The molecule has 4 fully saturated rings. The molecule has 3 saturated heterocycles. The Labute approximate surface area is 285 Å². The van der Waals surface area contributed by atoms with Gasteiger partial charge in [-0.05, 0) is 62.6 Å². The number of hydrogen-bond acceptors (Lipinski definition) is 9. The van der Waals surface area contributed by atoms with Gasteiger partial charge in [0, 0.05) is 73.7 Å². The van der Waals surface area contributed by atoms with Gasteiger partial charge in [-0.2, -0.15) is 0 Å². The number of aryl methyl sites for hydroxylation is 2. The molecule has 1 saturated carbocycles. The summed E-state index contributed by atoms with van der Waals surface area (Å²) >= 11 is 0. The number of ether oxygens (including phenoxy) is 2. The standard InChI is InChI=1S/C27H26N6O4.C8H10N2.C2H6/c1-17-7-23(33-11-24(34)30(2)26(33)35)25-29-18(10-31(25)9-17)12-37-19-3-4-20-21(8-19)28-6-5-22(20)32-13-27(14-32)15-36-16-27;1-6-4-5-9-8(10-6)7-2-3-7;1-2/h3-10H,11-16H2,1-2H3;4-5,7H,2-3H2,1H3;1-2H3. The van der Waals surface area contributed by atoms with Crippen molar-refractivity contribution >= 4 is 39.9 Å². The summed E-state index contributed by atoms with van der Waals surface area (Å²) in [5.74, 6) is 2.19. The first-order valence-electron chi connectivity index (χ1n) is 17.0. The number of amides is 3. The summed E-state index contributed by atoms with van der Waals surface area (Å²) in [6.07, 6.45) is 10.1. The van der Waals surface area contributed by atoms with Crippen molar-refractivity contribution in [2.75, 3.05) is 49.7 Å². The van der Waals surface area contributed by atoms with Crippen LogP contribution in [-0.2, 0) is 16.1 Å². The number of rotatable bonds is 6. The Morgan fingerprint density at radius 1 is 0.939 bits per heavy atom. The topological polar surface area (TPSA) is 118 Å². The minimum Gasteiger partial charge on any atom is -0.487 e. The second-order valence-electron chi connectivity index (χ2n) is 13.2. The quantitative estimate of drug-likeness (QED) is 0.211. The van der Waals surface area contributed by atoms with E-state index >= 15 is 0 Å². The lowest BCUT2D eigenvalue weighted by atomic mass is 9.77. The van der Waals surface area contributed by atoms with Crippen LogP contribution in [0.1, 0.15) is 55.4 Å². The molecule has 7 heterocycles. The van der Waals surface area contributed by atoms with Crippen molar-refractivity contribution in [2.45, 2.75) is 53.1 Å². The molecule has 49 heavy (non-hydrogen) atoms. The average molecular weight is 663 g/mol. The van der Waals surface area contributed by atoms with Gasteiger partial charge in [-0.15, -0.1) is 0 Å². The molecule has 1 aliphatic carbocycles. The third-order valence-electron chi connectivity index (χ3n) is 9.24. The van der Waals surface area contributed by atoms with Crippen molar-refractivity contribution in [3.8, 4) is 5.75 Å². The van der Waals surface area contributed by atoms with Crippen LogP contribution in [0.25, 0.3) is 16.6 Å². The summed E-state index contributed by atoms with van der Waals surface area (Å²) in [6.45, 7) is 12.0. The van der Waals surface area contributed by atoms with E-state index in [1.54, 1.807) is 0 Å². The highest BCUT2D eigenvalue weighted by atomic mass is 16.5. The van der Waals surface area contributed by atoms with Gasteiger partial charge in [-0.1, -0.05) is 13.8 Å². The molecule has 4 aliphatic rings. The minimum atomic E-state index is -0.351. The number of benzene rings is 1. The van der Waals surface area contributed by atoms with Gasteiger partial charge in [-0.25, -0.2) is 19.7 Å². The number of pyridine rings is 2. The molecule has 9 rings (SSSR count). The van der Waals surface area contributed by atoms with E-state index in [1.807, 2.05) is 81.1 Å². The molecule has 12 nitrogen and oxygen atoms in total. The predicted octanol–water partition coefficient (Wildman–Crippen LogP) is 5.69. The molecule has 3 aliphatic heterocycles. The van der Waals surface area contributed by atoms with Gasteiger partial charge in [0.05, 0.1) is 35.5 Å². The van der Waals surface area contributed by atoms with Crippen LogP contribution < -0.4 is 14.5 Å². The van der Waals surface area contributed by atoms with Crippen molar-refractivity contribution in [3.63, 3.8) is 0 Å². The molecule has 0 radical (unpaired) electrons. The monoisotopic (exact) mass is 662 g/mol. The van der Waals surface area contributed by atoms with E-state index in [2.05, 4.69) is 32.0 Å². The van der Waals surface area contributed by atoms with Gasteiger partial charge in [0.15, 0.2) is 5.65 Å². The molecule has 5 aromatic rings. The number of urea groups is 1. The number of aromatic nitrogens is 5. The first-order chi connectivity index (χ1) is 23.7. The molecule has 3 amide bonds. The largest absolute Gasteiger partial charge is 0.487 e. The maximum absolute atomic E-state index is 12.6. The number of imide groups is 1. The van der Waals surface area contributed by atoms with Gasteiger partial charge in [0.2, 0.25) is 5.91 Å². The second kappa shape index (κ2) is 13.1. The normalized spacial score (nSPS) is 17.8. The Morgan fingerprint density at radius 3 is 2.39 bits per heavy atom. The van der Waals surface area contributed by atoms with Crippen LogP contribution in [0.4, 0.5) is 16.2 Å². The summed E-state index contributed by atoms with van der Waals surface area (Å²) in [6, 6.07) is 11.5. The molecule has 12 heteroatoms. The fourth-order valence-electron chi connectivity index (χ4n) is 6.47. The van der Waals surface area contributed by atoms with Crippen LogP contribution in [-0.4, -0.2) is 81.1 Å². The molecule has 1 aromatic carbocycles. The Balaban J connectivity index is 0.000000267. The van der Waals surface area contributed by atoms with Crippen LogP contribution in [0.5, 0.6) is 5.75 Å². The molecule has 1 spiro atoms. The van der Waals surface area contributed by atoms with Gasteiger partial charge in [-0.3, -0.25) is 19.6 Å². The van der Waals surface area contributed by atoms with E-state index < -0.39 is 0 Å². The zero-order valence-electron chi connectivity index (χ0n) is 28.7. The zero-order valence-corrected chi connectivity index (χ0v) is 28.7. The first-order valence-corrected chi connectivity index (χ1v) is 17.0. The molecule has 254 valence electrons. The van der Waals surface area contributed by atoms with E-state index in [4.69, 9.17) is 14.5 Å². The van der Waals surface area contributed by atoms with Crippen molar-refractivity contribution < 1.29 is 19.1 Å². The Bertz CT molecular complexity index is 2030. The van der Waals surface area contributed by atoms with Crippen LogP contribution in [0.15, 0.2) is 61.2 Å². The third-order valence-corrected chi connectivity index (χ3v) is 9.24. The van der Waals surface area contributed by atoms with Crippen LogP contribution in [0.2, 0.25) is 0 Å². The maximum Gasteiger partial charge on any atom is 0.331 e. The van der Waals surface area contributed by atoms with Gasteiger partial charge >= 0.3 is 6.03 Å². The Morgan fingerprint density at radius 2 is 1.71 bits per heavy atom. The summed E-state index contributed by atoms with van der Waals surface area (Å²) in [5, 5.41) is 1.10. The highest BCUT2D eigenvalue weighted by Crippen LogP contribution is 2.42. The van der Waals surface area contributed by atoms with Crippen molar-refractivity contribution in [1.29, 1.82) is 0 Å². The number of fused-ring (bicyclic) bond motifs is 2. The molecule has 0 N–H and O–H groups in total. The van der Waals surface area contributed by atoms with Crippen molar-refractivity contribution in [3.05, 3.63) is 84.0 Å². The van der Waals surface area contributed by atoms with Gasteiger partial charge in [0.1, 0.15) is 24.7 Å². The van der Waals surface area contributed by atoms with Crippen LogP contribution in [0.3, 0.4) is 0 Å². The minimum absolute atomic E-state index is 0.00537. The lowest BCUT2D eigenvalue weighted by Gasteiger charge is -2.56. The number of nitrogens with zero attached hydrogens (tertiary/aromatic N) is 8. The molecule has 0 atom stereocenters. The fraction of sp³-hybridized carbons (Fsp3) is 0.405. The number of imidazole rings is 1. The smallest absolute Gasteiger partial charge is 0.331 e. The van der Waals surface area contributed by atoms with Crippen molar-refractivity contribution in [1.82, 2.24) is 29.2 Å². The van der Waals surface area contributed by atoms with E-state index in [1.165, 1.54) is 30.5 Å². The van der Waals surface area contributed by atoms with E-state index in [0.717, 1.165) is 59.2 Å². The highest BCUT2D eigenvalue weighted by Gasteiger charge is 2.49. The number of anilines is 2. The number of carbonyl (C=O) groups is 2. The van der Waals surface area contributed by atoms with Crippen LogP contribution in [0, 0.1) is 19.3 Å².